The van der Waals surface area contributed by atoms with E-state index in [0.29, 0.717) is 17.8 Å². The largest absolute Gasteiger partial charge is 0.396 e. The second-order valence-electron chi connectivity index (χ2n) is 4.59. The molecule has 2 rings (SSSR count). The van der Waals surface area contributed by atoms with E-state index >= 15 is 0 Å². The van der Waals surface area contributed by atoms with E-state index in [1.54, 1.807) is 12.3 Å². The minimum absolute atomic E-state index is 0.119. The van der Waals surface area contributed by atoms with E-state index in [1.165, 1.54) is 0 Å². The van der Waals surface area contributed by atoms with Crippen LogP contribution in [0.1, 0.15) is 23.0 Å². The summed E-state index contributed by atoms with van der Waals surface area (Å²) in [6.45, 7) is 2.93. The fraction of sp³-hybridized carbons (Fsp3) is 0.250. The number of benzene rings is 1. The van der Waals surface area contributed by atoms with Crippen LogP contribution in [0.25, 0.3) is 0 Å². The maximum Gasteiger partial charge on any atom is 0.274 e. The first-order valence-electron chi connectivity index (χ1n) is 6.94. The van der Waals surface area contributed by atoms with Gasteiger partial charge >= 0.3 is 0 Å². The molecule has 0 atom stereocenters. The van der Waals surface area contributed by atoms with E-state index in [2.05, 4.69) is 15.6 Å². The van der Waals surface area contributed by atoms with Gasteiger partial charge < -0.3 is 15.7 Å². The first-order valence-corrected chi connectivity index (χ1v) is 6.94. The highest BCUT2D eigenvalue weighted by molar-refractivity contribution is 6.02. The number of amides is 1. The van der Waals surface area contributed by atoms with Gasteiger partial charge in [-0.3, -0.25) is 4.79 Å². The van der Waals surface area contributed by atoms with E-state index in [9.17, 15) is 4.79 Å². The molecule has 0 spiro atoms. The lowest BCUT2D eigenvalue weighted by Gasteiger charge is -2.07. The highest BCUT2D eigenvalue weighted by Gasteiger charge is 2.07. The van der Waals surface area contributed by atoms with Crippen LogP contribution < -0.4 is 10.6 Å². The van der Waals surface area contributed by atoms with Crippen LogP contribution in [-0.2, 0) is 6.42 Å². The standard InChI is InChI=1S/C16H19N3O2/c1-2-17-14-7-8-15(18-11-14)16(21)19-13-5-3-12(4-6-13)9-10-20/h3-8,11,17,20H,2,9-10H2,1H3,(H,19,21). The van der Waals surface area contributed by atoms with Crippen molar-refractivity contribution >= 4 is 17.3 Å². The monoisotopic (exact) mass is 285 g/mol. The molecule has 0 aliphatic rings. The van der Waals surface area contributed by atoms with Crippen molar-refractivity contribution in [2.45, 2.75) is 13.3 Å². The zero-order valence-electron chi connectivity index (χ0n) is 12.0. The van der Waals surface area contributed by atoms with E-state index in [1.807, 2.05) is 37.3 Å². The molecule has 1 aromatic carbocycles. The molecule has 0 saturated heterocycles. The third kappa shape index (κ3) is 4.29. The summed E-state index contributed by atoms with van der Waals surface area (Å²) in [5.74, 6) is -0.243. The number of hydrogen-bond donors (Lipinski definition) is 3. The average Bonchev–Trinajstić information content (AvgIpc) is 2.50. The molecule has 110 valence electrons. The van der Waals surface area contributed by atoms with Crippen molar-refractivity contribution in [3.8, 4) is 0 Å². The molecule has 5 heteroatoms. The van der Waals surface area contributed by atoms with Gasteiger partial charge in [-0.2, -0.15) is 0 Å². The van der Waals surface area contributed by atoms with Crippen LogP contribution in [0, 0.1) is 0 Å². The predicted molar refractivity (Wildman–Crippen MR) is 83.6 cm³/mol. The Kier molecular flexibility index (Phi) is 5.29. The van der Waals surface area contributed by atoms with Crippen LogP contribution in [-0.4, -0.2) is 29.1 Å². The average molecular weight is 285 g/mol. The number of pyridine rings is 1. The first kappa shape index (κ1) is 15.0. The predicted octanol–water partition coefficient (Wildman–Crippen LogP) is 2.30. The second-order valence-corrected chi connectivity index (χ2v) is 4.59. The molecule has 21 heavy (non-hydrogen) atoms. The van der Waals surface area contributed by atoms with E-state index in [0.717, 1.165) is 17.8 Å². The molecular weight excluding hydrogens is 266 g/mol. The molecule has 0 radical (unpaired) electrons. The number of carbonyl (C=O) groups is 1. The highest BCUT2D eigenvalue weighted by atomic mass is 16.2. The van der Waals surface area contributed by atoms with Crippen LogP contribution >= 0.6 is 0 Å². The summed E-state index contributed by atoms with van der Waals surface area (Å²) in [4.78, 5) is 16.2. The molecule has 1 heterocycles. The summed E-state index contributed by atoms with van der Waals surface area (Å²) in [5.41, 5.74) is 3.00. The van der Waals surface area contributed by atoms with Gasteiger partial charge in [-0.05, 0) is 43.2 Å². The Morgan fingerprint density at radius 2 is 1.86 bits per heavy atom. The molecule has 0 aliphatic carbocycles. The van der Waals surface area contributed by atoms with Crippen LogP contribution in [0.3, 0.4) is 0 Å². The Hall–Kier alpha value is -2.40. The SMILES string of the molecule is CCNc1ccc(C(=O)Nc2ccc(CCO)cc2)nc1. The number of hydrogen-bond acceptors (Lipinski definition) is 4. The number of rotatable bonds is 6. The first-order chi connectivity index (χ1) is 10.2. The lowest BCUT2D eigenvalue weighted by molar-refractivity contribution is 0.102. The lowest BCUT2D eigenvalue weighted by atomic mass is 10.1. The molecule has 5 nitrogen and oxygen atoms in total. The Bertz CT molecular complexity index is 579. The van der Waals surface area contributed by atoms with Gasteiger partial charge in [-0.15, -0.1) is 0 Å². The van der Waals surface area contributed by atoms with Crippen molar-refractivity contribution in [2.24, 2.45) is 0 Å². The molecule has 1 aromatic heterocycles. The normalized spacial score (nSPS) is 10.2. The molecule has 0 saturated carbocycles. The minimum atomic E-state index is -0.243. The van der Waals surface area contributed by atoms with Crippen molar-refractivity contribution in [2.75, 3.05) is 23.8 Å². The van der Waals surface area contributed by atoms with Gasteiger partial charge in [0, 0.05) is 18.8 Å². The quantitative estimate of drug-likeness (QED) is 0.761. The zero-order valence-corrected chi connectivity index (χ0v) is 12.0. The summed E-state index contributed by atoms with van der Waals surface area (Å²) in [6, 6.07) is 10.9. The third-order valence-corrected chi connectivity index (χ3v) is 2.99. The molecule has 3 N–H and O–H groups in total. The Morgan fingerprint density at radius 3 is 2.43 bits per heavy atom. The molecule has 1 amide bonds. The lowest BCUT2D eigenvalue weighted by Crippen LogP contribution is -2.13. The van der Waals surface area contributed by atoms with E-state index in [-0.39, 0.29) is 12.5 Å². The van der Waals surface area contributed by atoms with Crippen molar-refractivity contribution in [3.05, 3.63) is 53.9 Å². The van der Waals surface area contributed by atoms with Crippen LogP contribution in [0.4, 0.5) is 11.4 Å². The van der Waals surface area contributed by atoms with Gasteiger partial charge in [0.2, 0.25) is 0 Å². The fourth-order valence-corrected chi connectivity index (χ4v) is 1.92. The number of aliphatic hydroxyl groups excluding tert-OH is 1. The second kappa shape index (κ2) is 7.40. The van der Waals surface area contributed by atoms with Crippen molar-refractivity contribution in [3.63, 3.8) is 0 Å². The molecule has 2 aromatic rings. The number of aliphatic hydroxyl groups is 1. The Morgan fingerprint density at radius 1 is 1.14 bits per heavy atom. The number of anilines is 2. The maximum absolute atomic E-state index is 12.1. The van der Waals surface area contributed by atoms with Crippen LogP contribution in [0.15, 0.2) is 42.6 Å². The summed E-state index contributed by atoms with van der Waals surface area (Å²) in [5, 5.41) is 14.8. The molecule has 0 unspecified atom stereocenters. The Labute approximate surface area is 124 Å². The van der Waals surface area contributed by atoms with Crippen molar-refractivity contribution in [1.29, 1.82) is 0 Å². The van der Waals surface area contributed by atoms with Crippen LogP contribution in [0.5, 0.6) is 0 Å². The van der Waals surface area contributed by atoms with Gasteiger partial charge in [-0.1, -0.05) is 12.1 Å². The maximum atomic E-state index is 12.1. The zero-order chi connectivity index (χ0) is 15.1. The number of aromatic nitrogens is 1. The van der Waals surface area contributed by atoms with Gasteiger partial charge in [0.25, 0.3) is 5.91 Å². The van der Waals surface area contributed by atoms with Gasteiger partial charge in [0.1, 0.15) is 5.69 Å². The third-order valence-electron chi connectivity index (χ3n) is 2.99. The van der Waals surface area contributed by atoms with Gasteiger partial charge in [0.05, 0.1) is 11.9 Å². The fourth-order valence-electron chi connectivity index (χ4n) is 1.92. The number of carbonyl (C=O) groups excluding carboxylic acids is 1. The highest BCUT2D eigenvalue weighted by Crippen LogP contribution is 2.12. The van der Waals surface area contributed by atoms with Crippen LogP contribution in [0.2, 0.25) is 0 Å². The molecule has 0 fully saturated rings. The summed E-state index contributed by atoms with van der Waals surface area (Å²) in [7, 11) is 0. The smallest absolute Gasteiger partial charge is 0.274 e. The molecule has 0 bridgehead atoms. The minimum Gasteiger partial charge on any atom is -0.396 e. The van der Waals surface area contributed by atoms with E-state index < -0.39 is 0 Å². The van der Waals surface area contributed by atoms with Crippen molar-refractivity contribution in [1.82, 2.24) is 4.98 Å². The number of nitrogens with one attached hydrogen (secondary N) is 2. The van der Waals surface area contributed by atoms with E-state index in [4.69, 9.17) is 5.11 Å². The Balaban J connectivity index is 2.00. The molecule has 0 aliphatic heterocycles. The van der Waals surface area contributed by atoms with Gasteiger partial charge in [0.15, 0.2) is 0 Å². The summed E-state index contributed by atoms with van der Waals surface area (Å²) < 4.78 is 0. The van der Waals surface area contributed by atoms with Crippen molar-refractivity contribution < 1.29 is 9.90 Å². The molecular formula is C16H19N3O2. The summed E-state index contributed by atoms with van der Waals surface area (Å²) >= 11 is 0. The van der Waals surface area contributed by atoms with Gasteiger partial charge in [-0.25, -0.2) is 4.98 Å². The topological polar surface area (TPSA) is 74.2 Å². The number of nitrogens with zero attached hydrogens (tertiary/aromatic N) is 1. The summed E-state index contributed by atoms with van der Waals surface area (Å²) in [6.07, 6.45) is 2.25.